The maximum absolute atomic E-state index is 10.4. The van der Waals surface area contributed by atoms with Crippen molar-refractivity contribution in [1.29, 1.82) is 0 Å². The normalized spacial score (nSPS) is 7.64. The molecule has 0 amide bonds. The number of nitro groups is 3. The van der Waals surface area contributed by atoms with Crippen molar-refractivity contribution in [3.63, 3.8) is 0 Å². The van der Waals surface area contributed by atoms with Gasteiger partial charge in [-0.2, -0.15) is 0 Å². The molecule has 16 heteroatoms. The molecule has 0 aliphatic carbocycles. The van der Waals surface area contributed by atoms with Crippen LogP contribution in [0.4, 0.5) is 17.1 Å². The molecule has 0 atom stereocenters. The Hall–Kier alpha value is -2.62. The van der Waals surface area contributed by atoms with E-state index in [0.717, 1.165) is 0 Å². The minimum atomic E-state index is -1.48. The SMILES string of the molecule is O.O.O.O.O=[N+]([O-])c1cc([N+](=O)[O-])c(O)c([N+](=O)[O-])c1O.[Cu]. The summed E-state index contributed by atoms with van der Waals surface area (Å²) in [5, 5.41) is 49.5. The summed E-state index contributed by atoms with van der Waals surface area (Å²) in [7, 11) is 0. The number of hydrogen-bond acceptors (Lipinski definition) is 8. The van der Waals surface area contributed by atoms with E-state index in [-0.39, 0.29) is 45.0 Å². The molecule has 0 saturated heterocycles. The number of aromatic hydroxyl groups is 2. The number of phenolic OH excluding ortho intramolecular Hbond substituents is 2. The molecule has 0 fully saturated rings. The van der Waals surface area contributed by atoms with E-state index in [1.807, 2.05) is 0 Å². The standard InChI is InChI=1S/C6H3N3O8.Cu.4H2O/c10-5-2(7(12)13)1-3(8(14)15)6(11)4(5)9(16)17;;;;;/h1,10-11H;;4*1H2. The number of rotatable bonds is 3. The Balaban J connectivity index is -0.000000193. The third-order valence-corrected chi connectivity index (χ3v) is 1.78. The molecule has 0 heterocycles. The van der Waals surface area contributed by atoms with E-state index in [1.54, 1.807) is 0 Å². The van der Waals surface area contributed by atoms with Gasteiger partial charge in [-0.25, -0.2) is 0 Å². The second-order valence-corrected chi connectivity index (χ2v) is 2.73. The van der Waals surface area contributed by atoms with Crippen LogP contribution in [0.3, 0.4) is 0 Å². The Morgan fingerprint density at radius 2 is 1.00 bits per heavy atom. The molecule has 1 rings (SSSR count). The molecule has 0 unspecified atom stereocenters. The minimum absolute atomic E-state index is 0. The van der Waals surface area contributed by atoms with E-state index < -0.39 is 43.3 Å². The van der Waals surface area contributed by atoms with Crippen LogP contribution in [0.15, 0.2) is 6.07 Å². The van der Waals surface area contributed by atoms with Gasteiger partial charge in [0.2, 0.25) is 0 Å². The first-order valence-electron chi connectivity index (χ1n) is 3.79. The zero-order chi connectivity index (χ0) is 13.3. The topological polar surface area (TPSA) is 296 Å². The Morgan fingerprint density at radius 1 is 0.727 bits per heavy atom. The van der Waals surface area contributed by atoms with E-state index in [4.69, 9.17) is 10.2 Å². The summed E-state index contributed by atoms with van der Waals surface area (Å²) in [4.78, 5) is 27.4. The van der Waals surface area contributed by atoms with E-state index in [2.05, 4.69) is 0 Å². The van der Waals surface area contributed by atoms with Crippen LogP contribution in [0.25, 0.3) is 0 Å². The molecular formula is C6H11CuN3O12. The average molecular weight is 381 g/mol. The molecule has 0 aromatic heterocycles. The van der Waals surface area contributed by atoms with Crippen molar-refractivity contribution < 1.29 is 64.0 Å². The number of hydrogen-bond donors (Lipinski definition) is 2. The zero-order valence-corrected chi connectivity index (χ0v) is 11.0. The molecule has 1 radical (unpaired) electrons. The van der Waals surface area contributed by atoms with Crippen molar-refractivity contribution >= 4 is 17.1 Å². The molecule has 1 aromatic carbocycles. The van der Waals surface area contributed by atoms with Crippen LogP contribution in [0.1, 0.15) is 0 Å². The fourth-order valence-electron chi connectivity index (χ4n) is 1.07. The van der Waals surface area contributed by atoms with Crippen LogP contribution in [0.2, 0.25) is 0 Å². The maximum atomic E-state index is 10.4. The van der Waals surface area contributed by atoms with Crippen LogP contribution in [-0.4, -0.2) is 46.9 Å². The third-order valence-electron chi connectivity index (χ3n) is 1.78. The minimum Gasteiger partial charge on any atom is -0.497 e. The van der Waals surface area contributed by atoms with Gasteiger partial charge < -0.3 is 32.1 Å². The first kappa shape index (κ1) is 31.7. The molecule has 0 aliphatic heterocycles. The average Bonchev–Trinajstić information content (AvgIpc) is 2.15. The molecule has 0 aliphatic rings. The van der Waals surface area contributed by atoms with Gasteiger partial charge in [0.15, 0.2) is 0 Å². The van der Waals surface area contributed by atoms with Gasteiger partial charge in [0, 0.05) is 17.1 Å². The summed E-state index contributed by atoms with van der Waals surface area (Å²) < 4.78 is 0. The number of phenols is 2. The van der Waals surface area contributed by atoms with Gasteiger partial charge in [0.25, 0.3) is 11.5 Å². The number of nitro benzene ring substituents is 3. The van der Waals surface area contributed by atoms with E-state index in [0.29, 0.717) is 0 Å². The van der Waals surface area contributed by atoms with E-state index in [1.165, 1.54) is 0 Å². The largest absolute Gasteiger partial charge is 0.497 e. The molecule has 0 bridgehead atoms. The van der Waals surface area contributed by atoms with Crippen molar-refractivity contribution in [2.75, 3.05) is 0 Å². The van der Waals surface area contributed by atoms with Crippen molar-refractivity contribution in [2.45, 2.75) is 0 Å². The van der Waals surface area contributed by atoms with Crippen LogP contribution in [-0.2, 0) is 17.1 Å². The quantitative estimate of drug-likeness (QED) is 0.320. The fourth-order valence-corrected chi connectivity index (χ4v) is 1.07. The smallest absolute Gasteiger partial charge is 0.366 e. The molecule has 1 aromatic rings. The van der Waals surface area contributed by atoms with Gasteiger partial charge in [0.1, 0.15) is 6.07 Å². The number of nitrogens with zero attached hydrogens (tertiary/aromatic N) is 3. The molecular weight excluding hydrogens is 370 g/mol. The Kier molecular flexibility index (Phi) is 16.0. The summed E-state index contributed by atoms with van der Waals surface area (Å²) in [5.74, 6) is -2.88. The molecule has 0 saturated carbocycles. The first-order chi connectivity index (χ1) is 7.77. The van der Waals surface area contributed by atoms with E-state index >= 15 is 0 Å². The van der Waals surface area contributed by atoms with Gasteiger partial charge in [-0.05, 0) is 0 Å². The summed E-state index contributed by atoms with van der Waals surface area (Å²) in [6.07, 6.45) is 0. The molecule has 15 nitrogen and oxygen atoms in total. The van der Waals surface area contributed by atoms with Gasteiger partial charge >= 0.3 is 17.1 Å². The van der Waals surface area contributed by atoms with Crippen LogP contribution in [0.5, 0.6) is 11.5 Å². The zero-order valence-electron chi connectivity index (χ0n) is 10.1. The molecule has 22 heavy (non-hydrogen) atoms. The fraction of sp³-hybridized carbons (Fsp3) is 0. The van der Waals surface area contributed by atoms with Gasteiger partial charge in [-0.15, -0.1) is 0 Å². The van der Waals surface area contributed by atoms with Crippen LogP contribution in [0, 0.1) is 30.3 Å². The first-order valence-corrected chi connectivity index (χ1v) is 3.79. The second kappa shape index (κ2) is 11.1. The monoisotopic (exact) mass is 380 g/mol. The Bertz CT molecular complexity index is 510. The molecule has 0 spiro atoms. The van der Waals surface area contributed by atoms with Crippen LogP contribution >= 0.6 is 0 Å². The Morgan fingerprint density at radius 3 is 1.18 bits per heavy atom. The van der Waals surface area contributed by atoms with E-state index in [9.17, 15) is 30.3 Å². The van der Waals surface area contributed by atoms with Gasteiger partial charge in [0.05, 0.1) is 14.8 Å². The van der Waals surface area contributed by atoms with Crippen LogP contribution < -0.4 is 0 Å². The Labute approximate surface area is 129 Å². The van der Waals surface area contributed by atoms with Crippen molar-refractivity contribution in [3.8, 4) is 11.5 Å². The second-order valence-electron chi connectivity index (χ2n) is 2.73. The summed E-state index contributed by atoms with van der Waals surface area (Å²) in [6, 6.07) is 0.234. The van der Waals surface area contributed by atoms with Crippen molar-refractivity contribution in [3.05, 3.63) is 36.4 Å². The molecule has 10 N–H and O–H groups in total. The molecule has 133 valence electrons. The predicted octanol–water partition coefficient (Wildman–Crippen LogP) is -2.48. The predicted molar refractivity (Wildman–Crippen MR) is 64.2 cm³/mol. The summed E-state index contributed by atoms with van der Waals surface area (Å²) in [5.41, 5.74) is -3.95. The van der Waals surface area contributed by atoms with Crippen molar-refractivity contribution in [1.82, 2.24) is 0 Å². The van der Waals surface area contributed by atoms with Gasteiger partial charge in [-0.1, -0.05) is 0 Å². The third kappa shape index (κ3) is 5.40. The van der Waals surface area contributed by atoms with Gasteiger partial charge in [-0.3, -0.25) is 30.3 Å². The summed E-state index contributed by atoms with van der Waals surface area (Å²) in [6.45, 7) is 0. The van der Waals surface area contributed by atoms with Crippen molar-refractivity contribution in [2.24, 2.45) is 0 Å². The maximum Gasteiger partial charge on any atom is 0.366 e. The summed E-state index contributed by atoms with van der Waals surface area (Å²) >= 11 is 0. The number of benzene rings is 1.